The van der Waals surface area contributed by atoms with Gasteiger partial charge in [0.05, 0.1) is 12.5 Å². The van der Waals surface area contributed by atoms with Crippen LogP contribution in [0, 0.1) is 13.8 Å². The highest BCUT2D eigenvalue weighted by molar-refractivity contribution is 7.99. The Bertz CT molecular complexity index is 907. The van der Waals surface area contributed by atoms with Crippen LogP contribution in [0.4, 0.5) is 0 Å². The summed E-state index contributed by atoms with van der Waals surface area (Å²) in [6.07, 6.45) is 3.96. The maximum absolute atomic E-state index is 12.5. The summed E-state index contributed by atoms with van der Waals surface area (Å²) in [6, 6.07) is 14.1. The minimum absolute atomic E-state index is 0.0398. The molecule has 0 unspecified atom stereocenters. The van der Waals surface area contributed by atoms with Gasteiger partial charge in [-0.25, -0.2) is 0 Å². The summed E-state index contributed by atoms with van der Waals surface area (Å²) in [6.45, 7) is 6.34. The van der Waals surface area contributed by atoms with Gasteiger partial charge >= 0.3 is 0 Å². The van der Waals surface area contributed by atoms with E-state index in [0.717, 1.165) is 16.9 Å². The van der Waals surface area contributed by atoms with Crippen molar-refractivity contribution in [1.29, 1.82) is 0 Å². The highest BCUT2D eigenvalue weighted by Crippen LogP contribution is 2.32. The molecule has 1 aliphatic rings. The maximum atomic E-state index is 12.5. The van der Waals surface area contributed by atoms with Crippen LogP contribution in [0.5, 0.6) is 0 Å². The van der Waals surface area contributed by atoms with Crippen molar-refractivity contribution in [2.24, 2.45) is 0 Å². The number of fused-ring (bicyclic) bond motifs is 1. The molecule has 1 atom stereocenters. The van der Waals surface area contributed by atoms with Gasteiger partial charge in [0.25, 0.3) is 0 Å². The lowest BCUT2D eigenvalue weighted by Gasteiger charge is -2.32. The van der Waals surface area contributed by atoms with Gasteiger partial charge in [0.2, 0.25) is 11.8 Å². The van der Waals surface area contributed by atoms with Crippen LogP contribution in [0.25, 0.3) is 6.08 Å². The van der Waals surface area contributed by atoms with E-state index in [2.05, 4.69) is 37.4 Å². The van der Waals surface area contributed by atoms with Crippen molar-refractivity contribution in [3.05, 3.63) is 70.9 Å². The molecule has 1 aliphatic heterocycles. The molecular weight excluding hydrogens is 368 g/mol. The lowest BCUT2D eigenvalue weighted by molar-refractivity contribution is -0.129. The van der Waals surface area contributed by atoms with E-state index < -0.39 is 0 Å². The average molecular weight is 395 g/mol. The molecule has 0 fully saturated rings. The van der Waals surface area contributed by atoms with Crippen LogP contribution in [0.3, 0.4) is 0 Å². The summed E-state index contributed by atoms with van der Waals surface area (Å²) in [5, 5.41) is 2.99. The van der Waals surface area contributed by atoms with Gasteiger partial charge in [-0.05, 0) is 54.3 Å². The molecule has 1 heterocycles. The first kappa shape index (κ1) is 20.2. The molecule has 3 rings (SSSR count). The smallest absolute Gasteiger partial charge is 0.223 e. The number of carbonyl (C=O) groups is 2. The predicted molar refractivity (Wildman–Crippen MR) is 115 cm³/mol. The van der Waals surface area contributed by atoms with Crippen molar-refractivity contribution in [3.63, 3.8) is 0 Å². The van der Waals surface area contributed by atoms with E-state index >= 15 is 0 Å². The molecule has 0 bridgehead atoms. The van der Waals surface area contributed by atoms with Crippen LogP contribution in [-0.2, 0) is 9.59 Å². The Hall–Kier alpha value is -2.53. The topological polar surface area (TPSA) is 49.4 Å². The number of rotatable bonds is 6. The van der Waals surface area contributed by atoms with E-state index in [4.69, 9.17) is 0 Å². The Labute approximate surface area is 171 Å². The second-order valence-corrected chi connectivity index (χ2v) is 8.20. The van der Waals surface area contributed by atoms with E-state index in [1.54, 1.807) is 22.9 Å². The zero-order valence-electron chi connectivity index (χ0n) is 16.6. The third kappa shape index (κ3) is 4.84. The summed E-state index contributed by atoms with van der Waals surface area (Å²) >= 11 is 1.73. The summed E-state index contributed by atoms with van der Waals surface area (Å²) < 4.78 is 0. The van der Waals surface area contributed by atoms with Crippen LogP contribution < -0.4 is 5.32 Å². The third-order valence-electron chi connectivity index (χ3n) is 5.02. The molecule has 0 radical (unpaired) electrons. The van der Waals surface area contributed by atoms with Crippen molar-refractivity contribution in [1.82, 2.24) is 10.2 Å². The molecule has 0 saturated carbocycles. The number of thioether (sulfide) groups is 1. The van der Waals surface area contributed by atoms with Crippen molar-refractivity contribution in [3.8, 4) is 0 Å². The molecule has 5 heteroatoms. The van der Waals surface area contributed by atoms with E-state index in [9.17, 15) is 9.59 Å². The monoisotopic (exact) mass is 394 g/mol. The minimum Gasteiger partial charge on any atom is -0.355 e. The minimum atomic E-state index is -0.258. The largest absolute Gasteiger partial charge is 0.355 e. The first-order chi connectivity index (χ1) is 13.5. The molecule has 2 amide bonds. The predicted octanol–water partition coefficient (Wildman–Crippen LogP) is 4.48. The number of nitrogens with one attached hydrogen (secondary N) is 1. The number of aryl methyl sites for hydroxylation is 2. The SMILES string of the molecule is CC(=O)N1C=Cc2ccccc2[C@H]1CC(=O)NCCSc1ccc(C)c(C)c1. The molecule has 1 N–H and O–H groups in total. The Balaban J connectivity index is 1.55. The molecule has 0 aliphatic carbocycles. The van der Waals surface area contributed by atoms with Crippen LogP contribution in [0.15, 0.2) is 53.6 Å². The van der Waals surface area contributed by atoms with Crippen molar-refractivity contribution < 1.29 is 9.59 Å². The van der Waals surface area contributed by atoms with Gasteiger partial charge in [-0.15, -0.1) is 11.8 Å². The highest BCUT2D eigenvalue weighted by atomic mass is 32.2. The first-order valence-electron chi connectivity index (χ1n) is 9.48. The fraction of sp³-hybridized carbons (Fsp3) is 0.304. The Kier molecular flexibility index (Phi) is 6.57. The molecule has 0 spiro atoms. The van der Waals surface area contributed by atoms with Gasteiger partial charge in [0, 0.05) is 30.3 Å². The molecular formula is C23H26N2O2S. The van der Waals surface area contributed by atoms with Gasteiger partial charge in [0.1, 0.15) is 0 Å². The van der Waals surface area contributed by atoms with Gasteiger partial charge in [0.15, 0.2) is 0 Å². The second-order valence-electron chi connectivity index (χ2n) is 7.04. The second kappa shape index (κ2) is 9.11. The Morgan fingerprint density at radius 2 is 1.89 bits per heavy atom. The summed E-state index contributed by atoms with van der Waals surface area (Å²) in [4.78, 5) is 27.4. The number of hydrogen-bond donors (Lipinski definition) is 1. The van der Waals surface area contributed by atoms with Crippen molar-refractivity contribution in [2.75, 3.05) is 12.3 Å². The maximum Gasteiger partial charge on any atom is 0.223 e. The van der Waals surface area contributed by atoms with Gasteiger partial charge < -0.3 is 10.2 Å². The molecule has 28 heavy (non-hydrogen) atoms. The number of hydrogen-bond acceptors (Lipinski definition) is 3. The van der Waals surface area contributed by atoms with E-state index in [0.29, 0.717) is 6.54 Å². The molecule has 0 saturated heterocycles. The van der Waals surface area contributed by atoms with E-state index in [-0.39, 0.29) is 24.3 Å². The summed E-state index contributed by atoms with van der Waals surface area (Å²) in [5.41, 5.74) is 4.64. The Morgan fingerprint density at radius 1 is 1.11 bits per heavy atom. The fourth-order valence-electron chi connectivity index (χ4n) is 3.32. The molecule has 2 aromatic carbocycles. The van der Waals surface area contributed by atoms with Gasteiger partial charge in [-0.3, -0.25) is 9.59 Å². The number of amides is 2. The highest BCUT2D eigenvalue weighted by Gasteiger charge is 2.27. The van der Waals surface area contributed by atoms with Gasteiger partial charge in [-0.2, -0.15) is 0 Å². The summed E-state index contributed by atoms with van der Waals surface area (Å²) in [7, 11) is 0. The number of nitrogens with zero attached hydrogens (tertiary/aromatic N) is 1. The van der Waals surface area contributed by atoms with Crippen LogP contribution in [-0.4, -0.2) is 29.0 Å². The first-order valence-corrected chi connectivity index (χ1v) is 10.5. The van der Waals surface area contributed by atoms with E-state index in [1.807, 2.05) is 30.3 Å². The third-order valence-corrected chi connectivity index (χ3v) is 6.01. The average Bonchev–Trinajstić information content (AvgIpc) is 2.68. The lowest BCUT2D eigenvalue weighted by atomic mass is 9.93. The molecule has 0 aromatic heterocycles. The fourth-order valence-corrected chi connectivity index (χ4v) is 4.19. The normalized spacial score (nSPS) is 15.2. The Morgan fingerprint density at radius 3 is 2.64 bits per heavy atom. The zero-order valence-corrected chi connectivity index (χ0v) is 17.4. The van der Waals surface area contributed by atoms with Gasteiger partial charge in [-0.1, -0.05) is 30.3 Å². The van der Waals surface area contributed by atoms with E-state index in [1.165, 1.54) is 22.9 Å². The van der Waals surface area contributed by atoms with Crippen LogP contribution in [0.2, 0.25) is 0 Å². The van der Waals surface area contributed by atoms with Crippen molar-refractivity contribution >= 4 is 29.7 Å². The number of benzene rings is 2. The quantitative estimate of drug-likeness (QED) is 0.581. The lowest BCUT2D eigenvalue weighted by Crippen LogP contribution is -2.35. The summed E-state index contributed by atoms with van der Waals surface area (Å²) in [5.74, 6) is 0.710. The van der Waals surface area contributed by atoms with Crippen LogP contribution >= 0.6 is 11.8 Å². The van der Waals surface area contributed by atoms with Crippen LogP contribution in [0.1, 0.15) is 41.6 Å². The van der Waals surface area contributed by atoms with Crippen molar-refractivity contribution in [2.45, 2.75) is 38.1 Å². The zero-order chi connectivity index (χ0) is 20.1. The molecule has 2 aromatic rings. The standard InChI is InChI=1S/C23H26N2O2S/c1-16-8-9-20(14-17(16)2)28-13-11-24-23(27)15-22-21-7-5-4-6-19(21)10-12-25(22)18(3)26/h4-10,12,14,22H,11,13,15H2,1-3H3,(H,24,27)/t22-/m1/s1. The number of carbonyl (C=O) groups excluding carboxylic acids is 2. The molecule has 146 valence electrons. The molecule has 4 nitrogen and oxygen atoms in total.